The first kappa shape index (κ1) is 8.89. The second-order valence-corrected chi connectivity index (χ2v) is 3.39. The van der Waals surface area contributed by atoms with Crippen LogP contribution in [0, 0.1) is 11.3 Å². The Morgan fingerprint density at radius 2 is 2.29 bits per heavy atom. The summed E-state index contributed by atoms with van der Waals surface area (Å²) in [7, 11) is 1.83. The van der Waals surface area contributed by atoms with Crippen LogP contribution in [0.15, 0.2) is 18.2 Å². The molecular formula is C11H12N2O. The number of nitrogens with zero attached hydrogens (tertiary/aromatic N) is 1. The van der Waals surface area contributed by atoms with Crippen LogP contribution in [-0.2, 0) is 0 Å². The van der Waals surface area contributed by atoms with E-state index in [0.717, 1.165) is 18.5 Å². The number of ether oxygens (including phenoxy) is 1. The van der Waals surface area contributed by atoms with E-state index in [9.17, 15) is 0 Å². The first-order valence-electron chi connectivity index (χ1n) is 4.72. The number of nitriles is 1. The number of nitrogens with one attached hydrogen (secondary N) is 1. The lowest BCUT2D eigenvalue weighted by molar-refractivity contribution is 0.302. The molecule has 2 rings (SSSR count). The normalized spacial score (nSPS) is 14.6. The van der Waals surface area contributed by atoms with Crippen molar-refractivity contribution in [3.05, 3.63) is 23.8 Å². The summed E-state index contributed by atoms with van der Waals surface area (Å²) in [5.41, 5.74) is 1.54. The van der Waals surface area contributed by atoms with E-state index in [1.165, 1.54) is 0 Å². The second kappa shape index (κ2) is 3.59. The van der Waals surface area contributed by atoms with Gasteiger partial charge in [-0.3, -0.25) is 0 Å². The van der Waals surface area contributed by atoms with Gasteiger partial charge in [0.25, 0.3) is 0 Å². The van der Waals surface area contributed by atoms with E-state index < -0.39 is 0 Å². The molecule has 0 bridgehead atoms. The van der Waals surface area contributed by atoms with Crippen molar-refractivity contribution in [2.75, 3.05) is 12.4 Å². The lowest BCUT2D eigenvalue weighted by atomic mass is 10.2. The van der Waals surface area contributed by atoms with Gasteiger partial charge in [0.1, 0.15) is 11.8 Å². The molecule has 0 spiro atoms. The van der Waals surface area contributed by atoms with Gasteiger partial charge in [0.05, 0.1) is 11.7 Å². The molecule has 1 fully saturated rings. The van der Waals surface area contributed by atoms with E-state index in [-0.39, 0.29) is 0 Å². The van der Waals surface area contributed by atoms with E-state index in [1.807, 2.05) is 19.2 Å². The minimum Gasteiger partial charge on any atom is -0.489 e. The summed E-state index contributed by atoms with van der Waals surface area (Å²) >= 11 is 0. The van der Waals surface area contributed by atoms with Crippen LogP contribution in [0.1, 0.15) is 18.4 Å². The Balaban J connectivity index is 2.25. The van der Waals surface area contributed by atoms with Crippen molar-refractivity contribution in [3.63, 3.8) is 0 Å². The van der Waals surface area contributed by atoms with Crippen molar-refractivity contribution >= 4 is 5.69 Å². The third kappa shape index (κ3) is 1.80. The highest BCUT2D eigenvalue weighted by Gasteiger charge is 2.24. The van der Waals surface area contributed by atoms with Crippen LogP contribution in [0.2, 0.25) is 0 Å². The Hall–Kier alpha value is -1.69. The van der Waals surface area contributed by atoms with E-state index in [1.54, 1.807) is 6.07 Å². The van der Waals surface area contributed by atoms with Crippen LogP contribution in [0.3, 0.4) is 0 Å². The largest absolute Gasteiger partial charge is 0.489 e. The lowest BCUT2D eigenvalue weighted by Gasteiger charge is -2.07. The highest BCUT2D eigenvalue weighted by molar-refractivity contribution is 5.55. The van der Waals surface area contributed by atoms with E-state index >= 15 is 0 Å². The smallest absolute Gasteiger partial charge is 0.137 e. The van der Waals surface area contributed by atoms with Crippen molar-refractivity contribution < 1.29 is 4.74 Å². The van der Waals surface area contributed by atoms with Gasteiger partial charge in [-0.25, -0.2) is 0 Å². The Kier molecular flexibility index (Phi) is 2.28. The Bertz CT molecular complexity index is 377. The fourth-order valence-electron chi connectivity index (χ4n) is 1.24. The van der Waals surface area contributed by atoms with Gasteiger partial charge in [-0.05, 0) is 31.0 Å². The van der Waals surface area contributed by atoms with Crippen LogP contribution >= 0.6 is 0 Å². The standard InChI is InChI=1S/C11H12N2O/c1-13-9-2-5-11(8(6-9)7-12)14-10-3-4-10/h2,5-6,10,13H,3-4H2,1H3. The zero-order valence-corrected chi connectivity index (χ0v) is 8.08. The summed E-state index contributed by atoms with van der Waals surface area (Å²) in [4.78, 5) is 0. The summed E-state index contributed by atoms with van der Waals surface area (Å²) < 4.78 is 5.60. The van der Waals surface area contributed by atoms with Gasteiger partial charge < -0.3 is 10.1 Å². The molecule has 72 valence electrons. The predicted octanol–water partition coefficient (Wildman–Crippen LogP) is 2.14. The number of rotatable bonds is 3. The third-order valence-corrected chi connectivity index (χ3v) is 2.21. The van der Waals surface area contributed by atoms with Gasteiger partial charge >= 0.3 is 0 Å². The molecule has 3 heteroatoms. The monoisotopic (exact) mass is 188 g/mol. The molecule has 0 heterocycles. The average Bonchev–Trinajstić information content (AvgIpc) is 3.02. The molecule has 0 radical (unpaired) electrons. The average molecular weight is 188 g/mol. The van der Waals surface area contributed by atoms with Crippen molar-refractivity contribution in [1.29, 1.82) is 5.26 Å². The molecule has 1 N–H and O–H groups in total. The molecule has 0 atom stereocenters. The first-order valence-corrected chi connectivity index (χ1v) is 4.72. The summed E-state index contributed by atoms with van der Waals surface area (Å²) in [6, 6.07) is 7.71. The Morgan fingerprint density at radius 3 is 2.86 bits per heavy atom. The van der Waals surface area contributed by atoms with Crippen molar-refractivity contribution in [3.8, 4) is 11.8 Å². The number of hydrogen-bond donors (Lipinski definition) is 1. The minimum atomic E-state index is 0.336. The molecule has 0 aliphatic heterocycles. The number of hydrogen-bond acceptors (Lipinski definition) is 3. The zero-order valence-electron chi connectivity index (χ0n) is 8.08. The minimum absolute atomic E-state index is 0.336. The highest BCUT2D eigenvalue weighted by atomic mass is 16.5. The van der Waals surface area contributed by atoms with Crippen molar-refractivity contribution in [2.45, 2.75) is 18.9 Å². The predicted molar refractivity (Wildman–Crippen MR) is 54.4 cm³/mol. The van der Waals surface area contributed by atoms with Crippen molar-refractivity contribution in [2.24, 2.45) is 0 Å². The molecule has 1 aromatic carbocycles. The van der Waals surface area contributed by atoms with Gasteiger partial charge in [-0.1, -0.05) is 0 Å². The SMILES string of the molecule is CNc1ccc(OC2CC2)c(C#N)c1. The Morgan fingerprint density at radius 1 is 1.50 bits per heavy atom. The molecule has 0 unspecified atom stereocenters. The summed E-state index contributed by atoms with van der Waals surface area (Å²) in [6.07, 6.45) is 2.56. The van der Waals surface area contributed by atoms with Crippen LogP contribution in [-0.4, -0.2) is 13.2 Å². The molecule has 0 saturated heterocycles. The first-order chi connectivity index (χ1) is 6.83. The molecule has 0 amide bonds. The molecule has 1 aliphatic rings. The van der Waals surface area contributed by atoms with Gasteiger partial charge in [0.2, 0.25) is 0 Å². The molecule has 3 nitrogen and oxygen atoms in total. The highest BCUT2D eigenvalue weighted by Crippen LogP contribution is 2.30. The maximum Gasteiger partial charge on any atom is 0.137 e. The third-order valence-electron chi connectivity index (χ3n) is 2.21. The molecule has 1 saturated carbocycles. The second-order valence-electron chi connectivity index (χ2n) is 3.39. The molecule has 1 aromatic rings. The summed E-state index contributed by atoms with van der Waals surface area (Å²) in [6.45, 7) is 0. The van der Waals surface area contributed by atoms with E-state index in [0.29, 0.717) is 17.4 Å². The lowest BCUT2D eigenvalue weighted by Crippen LogP contribution is -1.99. The van der Waals surface area contributed by atoms with Gasteiger partial charge in [0, 0.05) is 12.7 Å². The quantitative estimate of drug-likeness (QED) is 0.790. The van der Waals surface area contributed by atoms with E-state index in [4.69, 9.17) is 10.00 Å². The van der Waals surface area contributed by atoms with Gasteiger partial charge in [0.15, 0.2) is 0 Å². The maximum atomic E-state index is 8.91. The topological polar surface area (TPSA) is 45.0 Å². The van der Waals surface area contributed by atoms with Crippen molar-refractivity contribution in [1.82, 2.24) is 0 Å². The molecule has 1 aliphatic carbocycles. The van der Waals surface area contributed by atoms with Crippen LogP contribution in [0.4, 0.5) is 5.69 Å². The fraction of sp³-hybridized carbons (Fsp3) is 0.364. The molecule has 0 aromatic heterocycles. The number of benzene rings is 1. The summed E-state index contributed by atoms with van der Waals surface area (Å²) in [5.74, 6) is 0.703. The molecular weight excluding hydrogens is 176 g/mol. The van der Waals surface area contributed by atoms with Crippen LogP contribution < -0.4 is 10.1 Å². The fourth-order valence-corrected chi connectivity index (χ4v) is 1.24. The maximum absolute atomic E-state index is 8.91. The molecule has 14 heavy (non-hydrogen) atoms. The van der Waals surface area contributed by atoms with Crippen LogP contribution in [0.5, 0.6) is 5.75 Å². The van der Waals surface area contributed by atoms with Crippen LogP contribution in [0.25, 0.3) is 0 Å². The van der Waals surface area contributed by atoms with Gasteiger partial charge in [-0.2, -0.15) is 5.26 Å². The number of anilines is 1. The van der Waals surface area contributed by atoms with Gasteiger partial charge in [-0.15, -0.1) is 0 Å². The summed E-state index contributed by atoms with van der Waals surface area (Å²) in [5, 5.41) is 11.9. The van der Waals surface area contributed by atoms with E-state index in [2.05, 4.69) is 11.4 Å². The Labute approximate surface area is 83.3 Å². The zero-order chi connectivity index (χ0) is 9.97.